The van der Waals surface area contributed by atoms with Gasteiger partial charge in [0.05, 0.1) is 13.0 Å². The molecule has 26 heavy (non-hydrogen) atoms. The van der Waals surface area contributed by atoms with Gasteiger partial charge in [-0.2, -0.15) is 0 Å². The van der Waals surface area contributed by atoms with Gasteiger partial charge in [0.2, 0.25) is 0 Å². The van der Waals surface area contributed by atoms with Gasteiger partial charge in [0.25, 0.3) is 5.91 Å². The summed E-state index contributed by atoms with van der Waals surface area (Å²) >= 11 is 0. The first-order chi connectivity index (χ1) is 12.5. The number of nitrogens with zero attached hydrogens (tertiary/aromatic N) is 1. The molecule has 0 fully saturated rings. The summed E-state index contributed by atoms with van der Waals surface area (Å²) in [6, 6.07) is 12.7. The number of aryl methyl sites for hydroxylation is 1. The fourth-order valence-corrected chi connectivity index (χ4v) is 3.19. The Bertz CT molecular complexity index is 833. The molecule has 1 heterocycles. The van der Waals surface area contributed by atoms with Gasteiger partial charge in [0.1, 0.15) is 11.5 Å². The first kappa shape index (κ1) is 17.8. The maximum atomic E-state index is 12.5. The maximum Gasteiger partial charge on any atom is 0.312 e. The number of aliphatic carboxylic acids is 1. The van der Waals surface area contributed by atoms with Crippen molar-refractivity contribution < 1.29 is 24.2 Å². The zero-order valence-electron chi connectivity index (χ0n) is 14.8. The molecule has 0 spiro atoms. The van der Waals surface area contributed by atoms with Crippen molar-refractivity contribution in [3.63, 3.8) is 0 Å². The number of carbonyl (C=O) groups is 2. The lowest BCUT2D eigenvalue weighted by atomic mass is 9.90. The van der Waals surface area contributed by atoms with E-state index in [1.807, 2.05) is 31.2 Å². The number of carboxylic acid groups (broad SMARTS) is 1. The minimum absolute atomic E-state index is 0.139. The molecule has 1 aliphatic heterocycles. The minimum atomic E-state index is -0.929. The third-order valence-corrected chi connectivity index (χ3v) is 4.57. The summed E-state index contributed by atoms with van der Waals surface area (Å²) in [7, 11) is 1.60. The van der Waals surface area contributed by atoms with Crippen LogP contribution in [0.1, 0.15) is 22.6 Å². The molecule has 1 aliphatic rings. The Labute approximate surface area is 152 Å². The number of carboxylic acids is 1. The highest BCUT2D eigenvalue weighted by molar-refractivity contribution is 5.82. The molecule has 0 bridgehead atoms. The maximum absolute atomic E-state index is 12.5. The molecule has 6 nitrogen and oxygen atoms in total. The molecule has 0 radical (unpaired) electrons. The smallest absolute Gasteiger partial charge is 0.312 e. The molecule has 1 atom stereocenters. The van der Waals surface area contributed by atoms with Gasteiger partial charge >= 0.3 is 5.97 Å². The van der Waals surface area contributed by atoms with Crippen LogP contribution in [0.15, 0.2) is 42.5 Å². The molecular formula is C20H21NO5. The van der Waals surface area contributed by atoms with E-state index < -0.39 is 11.9 Å². The molecule has 1 N–H and O–H groups in total. The van der Waals surface area contributed by atoms with Gasteiger partial charge in [-0.1, -0.05) is 24.3 Å². The van der Waals surface area contributed by atoms with Crippen LogP contribution in [-0.4, -0.2) is 42.1 Å². The first-order valence-electron chi connectivity index (χ1n) is 8.35. The Kier molecular flexibility index (Phi) is 5.11. The van der Waals surface area contributed by atoms with Crippen LogP contribution in [0, 0.1) is 6.92 Å². The van der Waals surface area contributed by atoms with Crippen LogP contribution in [0.25, 0.3) is 0 Å². The number of hydrogen-bond donors (Lipinski definition) is 1. The summed E-state index contributed by atoms with van der Waals surface area (Å²) in [4.78, 5) is 25.7. The van der Waals surface area contributed by atoms with Crippen molar-refractivity contribution in [2.24, 2.45) is 0 Å². The number of fused-ring (bicyclic) bond motifs is 1. The van der Waals surface area contributed by atoms with E-state index in [0.29, 0.717) is 12.3 Å². The largest absolute Gasteiger partial charge is 0.496 e. The monoisotopic (exact) mass is 355 g/mol. The first-order valence-corrected chi connectivity index (χ1v) is 8.35. The molecular weight excluding hydrogens is 334 g/mol. The Hall–Kier alpha value is -3.02. The van der Waals surface area contributed by atoms with Crippen molar-refractivity contribution in [2.75, 3.05) is 20.3 Å². The standard InChI is InChI=1S/C20H21NO5/c1-13-9-15(7-8-18(13)25-2)26-12-19(22)21-10-14-5-3-4-6-16(14)17(11-21)20(23)24/h3-9,17H,10-12H2,1-2H3,(H,23,24). The quantitative estimate of drug-likeness (QED) is 0.892. The summed E-state index contributed by atoms with van der Waals surface area (Å²) in [6.45, 7) is 2.30. The van der Waals surface area contributed by atoms with Crippen molar-refractivity contribution in [3.05, 3.63) is 59.2 Å². The number of carbonyl (C=O) groups excluding carboxylic acids is 1. The van der Waals surface area contributed by atoms with Gasteiger partial charge in [-0.25, -0.2) is 0 Å². The average Bonchev–Trinajstić information content (AvgIpc) is 2.65. The molecule has 2 aromatic carbocycles. The fraction of sp³-hybridized carbons (Fsp3) is 0.300. The van der Waals surface area contributed by atoms with Crippen molar-refractivity contribution in [2.45, 2.75) is 19.4 Å². The highest BCUT2D eigenvalue weighted by atomic mass is 16.5. The number of rotatable bonds is 5. The SMILES string of the molecule is COc1ccc(OCC(=O)N2Cc3ccccc3C(C(=O)O)C2)cc1C. The number of methoxy groups -OCH3 is 1. The molecule has 3 rings (SSSR count). The Balaban J connectivity index is 1.69. The molecule has 0 aromatic heterocycles. The van der Waals surface area contributed by atoms with Crippen LogP contribution in [0.5, 0.6) is 11.5 Å². The van der Waals surface area contributed by atoms with Crippen LogP contribution in [0.3, 0.4) is 0 Å². The summed E-state index contributed by atoms with van der Waals surface area (Å²) in [5, 5.41) is 9.49. The van der Waals surface area contributed by atoms with Crippen LogP contribution < -0.4 is 9.47 Å². The van der Waals surface area contributed by atoms with Crippen LogP contribution in [0.2, 0.25) is 0 Å². The molecule has 0 aliphatic carbocycles. The molecule has 6 heteroatoms. The summed E-state index contributed by atoms with van der Waals surface area (Å²) in [5.74, 6) is -0.558. The van der Waals surface area contributed by atoms with E-state index >= 15 is 0 Å². The van der Waals surface area contributed by atoms with E-state index in [9.17, 15) is 14.7 Å². The highest BCUT2D eigenvalue weighted by Crippen LogP contribution is 2.29. The molecule has 0 saturated heterocycles. The molecule has 2 aromatic rings. The normalized spacial score (nSPS) is 15.9. The van der Waals surface area contributed by atoms with Crippen molar-refractivity contribution >= 4 is 11.9 Å². The Morgan fingerprint density at radius 2 is 2.00 bits per heavy atom. The molecule has 136 valence electrons. The van der Waals surface area contributed by atoms with E-state index in [4.69, 9.17) is 9.47 Å². The highest BCUT2D eigenvalue weighted by Gasteiger charge is 2.32. The van der Waals surface area contributed by atoms with E-state index in [1.165, 1.54) is 4.90 Å². The summed E-state index contributed by atoms with van der Waals surface area (Å²) < 4.78 is 10.8. The predicted molar refractivity (Wildman–Crippen MR) is 95.5 cm³/mol. The number of amides is 1. The van der Waals surface area contributed by atoms with Crippen LogP contribution in [-0.2, 0) is 16.1 Å². The van der Waals surface area contributed by atoms with E-state index in [-0.39, 0.29) is 19.1 Å². The lowest BCUT2D eigenvalue weighted by molar-refractivity contribution is -0.142. The zero-order chi connectivity index (χ0) is 18.7. The minimum Gasteiger partial charge on any atom is -0.496 e. The average molecular weight is 355 g/mol. The Morgan fingerprint density at radius 3 is 2.69 bits per heavy atom. The van der Waals surface area contributed by atoms with E-state index in [0.717, 1.165) is 22.4 Å². The van der Waals surface area contributed by atoms with Crippen molar-refractivity contribution in [3.8, 4) is 11.5 Å². The molecule has 1 unspecified atom stereocenters. The second kappa shape index (κ2) is 7.47. The summed E-state index contributed by atoms with van der Waals surface area (Å²) in [5.41, 5.74) is 2.55. The fourth-order valence-electron chi connectivity index (χ4n) is 3.19. The van der Waals surface area contributed by atoms with Gasteiger partial charge in [0.15, 0.2) is 6.61 Å². The van der Waals surface area contributed by atoms with Gasteiger partial charge in [-0.05, 0) is 41.8 Å². The van der Waals surface area contributed by atoms with Gasteiger partial charge in [-0.15, -0.1) is 0 Å². The third-order valence-electron chi connectivity index (χ3n) is 4.57. The Morgan fingerprint density at radius 1 is 1.23 bits per heavy atom. The number of hydrogen-bond acceptors (Lipinski definition) is 4. The lowest BCUT2D eigenvalue weighted by Crippen LogP contribution is -2.42. The predicted octanol–water partition coefficient (Wildman–Crippen LogP) is 2.59. The molecule has 1 amide bonds. The second-order valence-corrected chi connectivity index (χ2v) is 6.28. The van der Waals surface area contributed by atoms with Gasteiger partial charge < -0.3 is 19.5 Å². The van der Waals surface area contributed by atoms with Crippen molar-refractivity contribution in [1.82, 2.24) is 4.90 Å². The molecule has 0 saturated carbocycles. The lowest BCUT2D eigenvalue weighted by Gasteiger charge is -2.32. The van der Waals surface area contributed by atoms with Gasteiger partial charge in [0, 0.05) is 13.1 Å². The van der Waals surface area contributed by atoms with Crippen LogP contribution in [0.4, 0.5) is 0 Å². The van der Waals surface area contributed by atoms with Crippen LogP contribution >= 0.6 is 0 Å². The number of benzene rings is 2. The van der Waals surface area contributed by atoms with E-state index in [2.05, 4.69) is 0 Å². The zero-order valence-corrected chi connectivity index (χ0v) is 14.8. The van der Waals surface area contributed by atoms with Crippen molar-refractivity contribution in [1.29, 1.82) is 0 Å². The number of ether oxygens (including phenoxy) is 2. The van der Waals surface area contributed by atoms with E-state index in [1.54, 1.807) is 25.3 Å². The second-order valence-electron chi connectivity index (χ2n) is 6.28. The topological polar surface area (TPSA) is 76.1 Å². The third kappa shape index (κ3) is 3.64. The van der Waals surface area contributed by atoms with Gasteiger partial charge in [-0.3, -0.25) is 9.59 Å². The summed E-state index contributed by atoms with van der Waals surface area (Å²) in [6.07, 6.45) is 0.